The molecule has 2 rings (SSSR count). The minimum absolute atomic E-state index is 0.191. The molecular weight excluding hydrogens is 342 g/mol. The summed E-state index contributed by atoms with van der Waals surface area (Å²) in [5.74, 6) is 0.635. The zero-order chi connectivity index (χ0) is 18.8. The van der Waals surface area contributed by atoms with E-state index in [9.17, 15) is 18.5 Å². The van der Waals surface area contributed by atoms with Crippen molar-refractivity contribution < 1.29 is 13.3 Å². The van der Waals surface area contributed by atoms with E-state index in [0.29, 0.717) is 12.5 Å². The van der Waals surface area contributed by atoms with E-state index in [2.05, 4.69) is 31.0 Å². The highest BCUT2D eigenvalue weighted by Crippen LogP contribution is 2.33. The molecule has 140 valence electrons. The van der Waals surface area contributed by atoms with Crippen LogP contribution in [0.25, 0.3) is 0 Å². The fourth-order valence-electron chi connectivity index (χ4n) is 3.32. The van der Waals surface area contributed by atoms with Crippen LogP contribution in [0.15, 0.2) is 23.1 Å². The summed E-state index contributed by atoms with van der Waals surface area (Å²) in [5, 5.41) is 14.6. The van der Waals surface area contributed by atoms with Crippen LogP contribution in [0.3, 0.4) is 0 Å². The van der Waals surface area contributed by atoms with Gasteiger partial charge in [0.25, 0.3) is 0 Å². The Kier molecular flexibility index (Phi) is 5.73. The van der Waals surface area contributed by atoms with E-state index in [4.69, 9.17) is 0 Å². The minimum Gasteiger partial charge on any atom is -0.378 e. The van der Waals surface area contributed by atoms with Crippen molar-refractivity contribution in [1.29, 1.82) is 0 Å². The topological polar surface area (TPSA) is 92.6 Å². The molecule has 1 aromatic carbocycles. The van der Waals surface area contributed by atoms with E-state index in [-0.39, 0.29) is 21.8 Å². The van der Waals surface area contributed by atoms with Crippen molar-refractivity contribution in [2.45, 2.75) is 44.0 Å². The predicted molar refractivity (Wildman–Crippen MR) is 98.7 cm³/mol. The SMILES string of the molecule is CC1CCCN(C(C)(C)CNc2cccc(S(C)(=O)=O)c2[N+](=O)[O-])C1. The van der Waals surface area contributed by atoms with Crippen LogP contribution in [0.4, 0.5) is 11.4 Å². The summed E-state index contributed by atoms with van der Waals surface area (Å²) in [6.07, 6.45) is 3.36. The minimum atomic E-state index is -3.67. The number of nitro groups is 1. The second kappa shape index (κ2) is 7.29. The van der Waals surface area contributed by atoms with Crippen LogP contribution in [0.2, 0.25) is 0 Å². The number of hydrogen-bond acceptors (Lipinski definition) is 6. The van der Waals surface area contributed by atoms with Crippen molar-refractivity contribution in [3.8, 4) is 0 Å². The zero-order valence-corrected chi connectivity index (χ0v) is 16.1. The fourth-order valence-corrected chi connectivity index (χ4v) is 4.18. The first-order valence-electron chi connectivity index (χ1n) is 8.49. The van der Waals surface area contributed by atoms with Crippen LogP contribution in [0, 0.1) is 16.0 Å². The molecule has 0 aromatic heterocycles. The van der Waals surface area contributed by atoms with Crippen molar-refractivity contribution in [3.05, 3.63) is 28.3 Å². The third-order valence-corrected chi connectivity index (χ3v) is 5.93. The van der Waals surface area contributed by atoms with Gasteiger partial charge < -0.3 is 5.32 Å². The Hall–Kier alpha value is -1.67. The van der Waals surface area contributed by atoms with E-state index in [1.807, 2.05) is 0 Å². The van der Waals surface area contributed by atoms with E-state index in [0.717, 1.165) is 25.8 Å². The number of hydrogen-bond donors (Lipinski definition) is 1. The number of likely N-dealkylation sites (tertiary alicyclic amines) is 1. The molecule has 1 atom stereocenters. The summed E-state index contributed by atoms with van der Waals surface area (Å²) in [7, 11) is -3.67. The van der Waals surface area contributed by atoms with Crippen LogP contribution in [-0.4, -0.2) is 49.7 Å². The highest BCUT2D eigenvalue weighted by Gasteiger charge is 2.32. The highest BCUT2D eigenvalue weighted by atomic mass is 32.2. The normalized spacial score (nSPS) is 19.6. The van der Waals surface area contributed by atoms with Crippen molar-refractivity contribution in [3.63, 3.8) is 0 Å². The summed E-state index contributed by atoms with van der Waals surface area (Å²) in [6, 6.07) is 4.36. The van der Waals surface area contributed by atoms with Crippen molar-refractivity contribution in [1.82, 2.24) is 4.90 Å². The van der Waals surface area contributed by atoms with Crippen LogP contribution in [0.5, 0.6) is 0 Å². The summed E-state index contributed by atoms with van der Waals surface area (Å²) in [6.45, 7) is 8.93. The Labute approximate surface area is 149 Å². The van der Waals surface area contributed by atoms with Gasteiger partial charge in [0.1, 0.15) is 10.6 Å². The maximum absolute atomic E-state index is 11.9. The van der Waals surface area contributed by atoms with Gasteiger partial charge in [-0.2, -0.15) is 0 Å². The molecule has 0 radical (unpaired) electrons. The number of piperidine rings is 1. The van der Waals surface area contributed by atoms with Gasteiger partial charge in [-0.05, 0) is 51.3 Å². The molecule has 1 unspecified atom stereocenters. The number of rotatable bonds is 6. The molecule has 1 heterocycles. The molecule has 7 nitrogen and oxygen atoms in total. The number of para-hydroxylation sites is 1. The first kappa shape index (κ1) is 19.7. The maximum Gasteiger partial charge on any atom is 0.310 e. The lowest BCUT2D eigenvalue weighted by molar-refractivity contribution is -0.386. The molecule has 1 aliphatic rings. The number of nitro benzene ring substituents is 1. The van der Waals surface area contributed by atoms with E-state index < -0.39 is 14.8 Å². The highest BCUT2D eigenvalue weighted by molar-refractivity contribution is 7.90. The summed E-state index contributed by atoms with van der Waals surface area (Å²) >= 11 is 0. The molecule has 1 saturated heterocycles. The fraction of sp³-hybridized carbons (Fsp3) is 0.647. The summed E-state index contributed by atoms with van der Waals surface area (Å²) in [4.78, 5) is 13.0. The van der Waals surface area contributed by atoms with Gasteiger partial charge in [0.05, 0.1) is 4.92 Å². The summed E-state index contributed by atoms with van der Waals surface area (Å²) < 4.78 is 23.7. The standard InChI is InChI=1S/C17H27N3O4S/c1-13-7-6-10-19(11-13)17(2,3)12-18-14-8-5-9-15(25(4,23)24)16(14)20(21)22/h5,8-9,13,18H,6-7,10-12H2,1-4H3. The molecule has 8 heteroatoms. The molecule has 0 saturated carbocycles. The van der Waals surface area contributed by atoms with Crippen molar-refractivity contribution in [2.24, 2.45) is 5.92 Å². The zero-order valence-electron chi connectivity index (χ0n) is 15.3. The second-order valence-corrected chi connectivity index (χ2v) is 9.53. The van der Waals surface area contributed by atoms with Crippen molar-refractivity contribution >= 4 is 21.2 Å². The maximum atomic E-state index is 11.9. The number of anilines is 1. The third kappa shape index (κ3) is 4.70. The Balaban J connectivity index is 2.24. The molecule has 25 heavy (non-hydrogen) atoms. The van der Waals surface area contributed by atoms with Crippen LogP contribution in [0.1, 0.15) is 33.6 Å². The van der Waals surface area contributed by atoms with Gasteiger partial charge in [-0.25, -0.2) is 8.42 Å². The Morgan fingerprint density at radius 3 is 2.64 bits per heavy atom. The number of sulfone groups is 1. The lowest BCUT2D eigenvalue weighted by Gasteiger charge is -2.43. The van der Waals surface area contributed by atoms with Gasteiger partial charge in [-0.15, -0.1) is 0 Å². The van der Waals surface area contributed by atoms with Gasteiger partial charge in [0.2, 0.25) is 0 Å². The van der Waals surface area contributed by atoms with Crippen molar-refractivity contribution in [2.75, 3.05) is 31.2 Å². The molecule has 0 amide bonds. The molecule has 0 aliphatic carbocycles. The molecule has 0 bridgehead atoms. The molecular formula is C17H27N3O4S. The molecule has 1 aromatic rings. The van der Waals surface area contributed by atoms with Gasteiger partial charge in [-0.3, -0.25) is 15.0 Å². The lowest BCUT2D eigenvalue weighted by atomic mass is 9.93. The largest absolute Gasteiger partial charge is 0.378 e. The molecule has 1 aliphatic heterocycles. The quantitative estimate of drug-likeness (QED) is 0.612. The molecule has 0 spiro atoms. The van der Waals surface area contributed by atoms with Crippen LogP contribution >= 0.6 is 0 Å². The van der Waals surface area contributed by atoms with Crippen LogP contribution < -0.4 is 5.32 Å². The predicted octanol–water partition coefficient (Wildman–Crippen LogP) is 2.92. The van der Waals surface area contributed by atoms with Gasteiger partial charge in [-0.1, -0.05) is 13.0 Å². The Morgan fingerprint density at radius 2 is 2.08 bits per heavy atom. The monoisotopic (exact) mass is 369 g/mol. The number of benzene rings is 1. The Morgan fingerprint density at radius 1 is 1.40 bits per heavy atom. The number of nitrogens with zero attached hydrogens (tertiary/aromatic N) is 2. The first-order chi connectivity index (χ1) is 11.5. The second-order valence-electron chi connectivity index (χ2n) is 7.54. The summed E-state index contributed by atoms with van der Waals surface area (Å²) in [5.41, 5.74) is -0.331. The Bertz CT molecular complexity index is 746. The van der Waals surface area contributed by atoms with Gasteiger partial charge in [0.15, 0.2) is 9.84 Å². The smallest absolute Gasteiger partial charge is 0.310 e. The van der Waals surface area contributed by atoms with E-state index in [1.54, 1.807) is 6.07 Å². The van der Waals surface area contributed by atoms with Crippen LogP contribution in [-0.2, 0) is 9.84 Å². The molecule has 1 N–H and O–H groups in total. The van der Waals surface area contributed by atoms with E-state index >= 15 is 0 Å². The van der Waals surface area contributed by atoms with Gasteiger partial charge >= 0.3 is 5.69 Å². The first-order valence-corrected chi connectivity index (χ1v) is 10.4. The van der Waals surface area contributed by atoms with E-state index in [1.165, 1.54) is 18.6 Å². The third-order valence-electron chi connectivity index (χ3n) is 4.81. The van der Waals surface area contributed by atoms with Gasteiger partial charge in [0, 0.05) is 24.9 Å². The average molecular weight is 369 g/mol. The number of nitrogens with one attached hydrogen (secondary N) is 1. The average Bonchev–Trinajstić information content (AvgIpc) is 2.51. The molecule has 1 fully saturated rings. The lowest BCUT2D eigenvalue weighted by Crippen LogP contribution is -2.52.